The highest BCUT2D eigenvalue weighted by molar-refractivity contribution is 5.80. The van der Waals surface area contributed by atoms with Crippen LogP contribution >= 0.6 is 0 Å². The molecule has 0 atom stereocenters. The van der Waals surface area contributed by atoms with Crippen LogP contribution in [0.2, 0.25) is 0 Å². The van der Waals surface area contributed by atoms with Crippen LogP contribution in [-0.4, -0.2) is 0 Å². The van der Waals surface area contributed by atoms with Crippen LogP contribution < -0.4 is 0 Å². The van der Waals surface area contributed by atoms with Gasteiger partial charge in [-0.2, -0.15) is 0 Å². The second-order valence-corrected chi connectivity index (χ2v) is 4.77. The van der Waals surface area contributed by atoms with Gasteiger partial charge < -0.3 is 0 Å². The highest BCUT2D eigenvalue weighted by Crippen LogP contribution is 2.37. The summed E-state index contributed by atoms with van der Waals surface area (Å²) >= 11 is 0. The molecule has 3 heteroatoms. The maximum Gasteiger partial charge on any atom is 0.159 e. The maximum absolute atomic E-state index is 14.0. The molecule has 0 nitrogen and oxygen atoms in total. The van der Waals surface area contributed by atoms with E-state index in [1.54, 1.807) is 0 Å². The second kappa shape index (κ2) is 5.01. The molecule has 2 rings (SSSR count). The van der Waals surface area contributed by atoms with E-state index in [0.717, 1.165) is 24.1 Å². The van der Waals surface area contributed by atoms with Gasteiger partial charge in [-0.15, -0.1) is 0 Å². The predicted octanol–water partition coefficient (Wildman–Crippen LogP) is 5.02. The molecule has 1 aromatic rings. The molecule has 0 amide bonds. The van der Waals surface area contributed by atoms with Crippen LogP contribution in [0.1, 0.15) is 32.3 Å². The van der Waals surface area contributed by atoms with Gasteiger partial charge in [0.25, 0.3) is 0 Å². The van der Waals surface area contributed by atoms with E-state index < -0.39 is 11.6 Å². The zero-order valence-electron chi connectivity index (χ0n) is 10.4. The van der Waals surface area contributed by atoms with E-state index in [2.05, 4.69) is 0 Å². The molecule has 0 bridgehead atoms. The molecule has 1 aliphatic rings. The fourth-order valence-electron chi connectivity index (χ4n) is 2.29. The van der Waals surface area contributed by atoms with Gasteiger partial charge in [-0.3, -0.25) is 0 Å². The third kappa shape index (κ3) is 2.35. The summed E-state index contributed by atoms with van der Waals surface area (Å²) in [6.45, 7) is 3.96. The molecular weight excluding hydrogens is 237 g/mol. The Morgan fingerprint density at radius 2 is 1.78 bits per heavy atom. The van der Waals surface area contributed by atoms with Gasteiger partial charge in [-0.25, -0.2) is 13.2 Å². The molecule has 0 N–H and O–H groups in total. The molecule has 1 aliphatic carbocycles. The SMILES string of the molecule is CC(C)C1=C(c2ccc(F)c(F)c2)C(F)=CCC1. The highest BCUT2D eigenvalue weighted by atomic mass is 19.2. The minimum absolute atomic E-state index is 0.188. The third-order valence-corrected chi connectivity index (χ3v) is 3.20. The van der Waals surface area contributed by atoms with Gasteiger partial charge in [0.15, 0.2) is 11.6 Å². The van der Waals surface area contributed by atoms with Gasteiger partial charge in [0.2, 0.25) is 0 Å². The quantitative estimate of drug-likeness (QED) is 0.693. The van der Waals surface area contributed by atoms with Crippen molar-refractivity contribution in [1.82, 2.24) is 0 Å². The van der Waals surface area contributed by atoms with Crippen LogP contribution in [0, 0.1) is 17.6 Å². The molecule has 0 radical (unpaired) electrons. The smallest absolute Gasteiger partial charge is 0.159 e. The Bertz CT molecular complexity index is 525. The minimum Gasteiger partial charge on any atom is -0.207 e. The summed E-state index contributed by atoms with van der Waals surface area (Å²) in [6, 6.07) is 3.53. The molecule has 0 aromatic heterocycles. The van der Waals surface area contributed by atoms with Crippen molar-refractivity contribution in [3.05, 3.63) is 52.9 Å². The molecule has 0 unspecified atom stereocenters. The minimum atomic E-state index is -0.943. The van der Waals surface area contributed by atoms with Gasteiger partial charge in [0, 0.05) is 5.57 Å². The molecular formula is C15H15F3. The van der Waals surface area contributed by atoms with E-state index in [4.69, 9.17) is 0 Å². The van der Waals surface area contributed by atoms with Crippen LogP contribution in [0.15, 0.2) is 35.7 Å². The summed E-state index contributed by atoms with van der Waals surface area (Å²) in [5, 5.41) is 0. The van der Waals surface area contributed by atoms with Crippen molar-refractivity contribution in [3.63, 3.8) is 0 Å². The first-order chi connectivity index (χ1) is 8.50. The number of allylic oxidation sites excluding steroid dienone is 4. The van der Waals surface area contributed by atoms with Crippen molar-refractivity contribution >= 4 is 5.57 Å². The van der Waals surface area contributed by atoms with Crippen LogP contribution in [0.3, 0.4) is 0 Å². The topological polar surface area (TPSA) is 0 Å². The van der Waals surface area contributed by atoms with Gasteiger partial charge in [0.05, 0.1) is 0 Å². The monoisotopic (exact) mass is 252 g/mol. The normalized spacial score (nSPS) is 16.2. The first kappa shape index (κ1) is 12.9. The lowest BCUT2D eigenvalue weighted by atomic mass is 9.85. The van der Waals surface area contributed by atoms with E-state index in [9.17, 15) is 13.2 Å². The lowest BCUT2D eigenvalue weighted by Crippen LogP contribution is -2.04. The first-order valence-corrected chi connectivity index (χ1v) is 6.05. The first-order valence-electron chi connectivity index (χ1n) is 6.05. The molecule has 0 aliphatic heterocycles. The third-order valence-electron chi connectivity index (χ3n) is 3.20. The van der Waals surface area contributed by atoms with Crippen LogP contribution in [0.25, 0.3) is 5.57 Å². The zero-order chi connectivity index (χ0) is 13.3. The molecule has 0 heterocycles. The van der Waals surface area contributed by atoms with Crippen LogP contribution in [-0.2, 0) is 0 Å². The van der Waals surface area contributed by atoms with E-state index in [-0.39, 0.29) is 11.7 Å². The van der Waals surface area contributed by atoms with E-state index >= 15 is 0 Å². The molecule has 0 spiro atoms. The second-order valence-electron chi connectivity index (χ2n) is 4.77. The Morgan fingerprint density at radius 1 is 1.06 bits per heavy atom. The number of benzene rings is 1. The van der Waals surface area contributed by atoms with Crippen molar-refractivity contribution in [2.24, 2.45) is 5.92 Å². The molecule has 1 aromatic carbocycles. The van der Waals surface area contributed by atoms with Crippen molar-refractivity contribution in [2.45, 2.75) is 26.7 Å². The van der Waals surface area contributed by atoms with E-state index in [1.807, 2.05) is 13.8 Å². The maximum atomic E-state index is 14.0. The van der Waals surface area contributed by atoms with Gasteiger partial charge in [0.1, 0.15) is 5.83 Å². The van der Waals surface area contributed by atoms with Crippen LogP contribution in [0.5, 0.6) is 0 Å². The van der Waals surface area contributed by atoms with Gasteiger partial charge in [-0.1, -0.05) is 25.5 Å². The molecule has 0 saturated heterocycles. The summed E-state index contributed by atoms with van der Waals surface area (Å²) in [5.74, 6) is -2.00. The van der Waals surface area contributed by atoms with Gasteiger partial charge in [-0.05, 0) is 42.5 Å². The average Bonchev–Trinajstić information content (AvgIpc) is 2.32. The summed E-state index contributed by atoms with van der Waals surface area (Å²) in [5.41, 5.74) is 1.79. The van der Waals surface area contributed by atoms with E-state index in [1.165, 1.54) is 12.1 Å². The largest absolute Gasteiger partial charge is 0.207 e. The van der Waals surface area contributed by atoms with Crippen molar-refractivity contribution in [3.8, 4) is 0 Å². The Balaban J connectivity index is 2.57. The number of hydrogen-bond donors (Lipinski definition) is 0. The Hall–Kier alpha value is -1.51. The number of hydrogen-bond acceptors (Lipinski definition) is 0. The van der Waals surface area contributed by atoms with Crippen molar-refractivity contribution < 1.29 is 13.2 Å². The fourth-order valence-corrected chi connectivity index (χ4v) is 2.29. The summed E-state index contributed by atoms with van der Waals surface area (Å²) in [6.07, 6.45) is 2.93. The Morgan fingerprint density at radius 3 is 2.39 bits per heavy atom. The summed E-state index contributed by atoms with van der Waals surface area (Å²) in [7, 11) is 0. The predicted molar refractivity (Wildman–Crippen MR) is 66.5 cm³/mol. The highest BCUT2D eigenvalue weighted by Gasteiger charge is 2.20. The fraction of sp³-hybridized carbons (Fsp3) is 0.333. The Kier molecular flexibility index (Phi) is 3.60. The standard InChI is InChI=1S/C15H15F3/c1-9(2)11-4-3-5-13(17)15(11)10-6-7-12(16)14(18)8-10/h5-9H,3-4H2,1-2H3. The Labute approximate surface area is 105 Å². The van der Waals surface area contributed by atoms with Crippen molar-refractivity contribution in [1.29, 1.82) is 0 Å². The average molecular weight is 252 g/mol. The molecule has 96 valence electrons. The summed E-state index contributed by atoms with van der Waals surface area (Å²) in [4.78, 5) is 0. The molecule has 0 saturated carbocycles. The van der Waals surface area contributed by atoms with E-state index in [0.29, 0.717) is 17.6 Å². The molecule has 0 fully saturated rings. The zero-order valence-corrected chi connectivity index (χ0v) is 10.4. The van der Waals surface area contributed by atoms with Crippen LogP contribution in [0.4, 0.5) is 13.2 Å². The van der Waals surface area contributed by atoms with Gasteiger partial charge >= 0.3 is 0 Å². The lowest BCUT2D eigenvalue weighted by Gasteiger charge is -2.21. The number of halogens is 3. The summed E-state index contributed by atoms with van der Waals surface area (Å²) < 4.78 is 40.1. The number of rotatable bonds is 2. The lowest BCUT2D eigenvalue weighted by molar-refractivity contribution is 0.508. The molecule has 18 heavy (non-hydrogen) atoms. The van der Waals surface area contributed by atoms with Crippen molar-refractivity contribution in [2.75, 3.05) is 0 Å².